The normalized spacial score (nSPS) is 13.4. The number of rotatable bonds is 6. The number of hydrogen-bond acceptors (Lipinski definition) is 4. The topological polar surface area (TPSA) is 88.5 Å². The van der Waals surface area contributed by atoms with Crippen LogP contribution in [0.2, 0.25) is 0 Å². The fourth-order valence-corrected chi connectivity index (χ4v) is 4.20. The van der Waals surface area contributed by atoms with Gasteiger partial charge < -0.3 is 19.9 Å². The number of nitrogens with one attached hydrogen (secondary N) is 2. The molecule has 1 aliphatic rings. The van der Waals surface area contributed by atoms with E-state index >= 15 is 0 Å². The maximum absolute atomic E-state index is 13.3. The zero-order valence-electron chi connectivity index (χ0n) is 18.8. The number of urea groups is 1. The first-order valence-corrected chi connectivity index (χ1v) is 11.1. The van der Waals surface area contributed by atoms with Gasteiger partial charge in [-0.05, 0) is 29.8 Å². The molecule has 0 fully saturated rings. The monoisotopic (exact) mass is 455 g/mol. The maximum Gasteiger partial charge on any atom is 0.324 e. The van der Waals surface area contributed by atoms with Gasteiger partial charge in [0.25, 0.3) is 0 Å². The average Bonchev–Trinajstić information content (AvgIpc) is 3.44. The number of amides is 3. The molecule has 4 aromatic rings. The van der Waals surface area contributed by atoms with Gasteiger partial charge in [-0.2, -0.15) is 0 Å². The highest BCUT2D eigenvalue weighted by Crippen LogP contribution is 2.27. The summed E-state index contributed by atoms with van der Waals surface area (Å²) in [4.78, 5) is 32.8. The lowest BCUT2D eigenvalue weighted by Crippen LogP contribution is -2.50. The predicted molar refractivity (Wildman–Crippen MR) is 131 cm³/mol. The van der Waals surface area contributed by atoms with Crippen molar-refractivity contribution in [3.63, 3.8) is 0 Å². The summed E-state index contributed by atoms with van der Waals surface area (Å²) in [6.07, 6.45) is 0.354. The molecule has 8 heteroatoms. The molecule has 2 N–H and O–H groups in total. The van der Waals surface area contributed by atoms with E-state index in [1.54, 1.807) is 36.3 Å². The van der Waals surface area contributed by atoms with Gasteiger partial charge in [-0.25, -0.2) is 9.78 Å². The number of hydrogen-bond donors (Lipinski definition) is 2. The third-order valence-electron chi connectivity index (χ3n) is 5.90. The van der Waals surface area contributed by atoms with E-state index in [0.717, 1.165) is 16.6 Å². The second kappa shape index (κ2) is 9.27. The fraction of sp³-hybridized carbons (Fsp3) is 0.192. The Morgan fingerprint density at radius 2 is 1.79 bits per heavy atom. The number of nitrogens with zero attached hydrogens (tertiary/aromatic N) is 3. The predicted octanol–water partition coefficient (Wildman–Crippen LogP) is 3.82. The van der Waals surface area contributed by atoms with Crippen molar-refractivity contribution in [2.24, 2.45) is 0 Å². The van der Waals surface area contributed by atoms with E-state index in [2.05, 4.69) is 15.6 Å². The average molecular weight is 456 g/mol. The van der Waals surface area contributed by atoms with Gasteiger partial charge in [0.1, 0.15) is 11.8 Å². The molecular weight excluding hydrogens is 430 g/mol. The zero-order valence-corrected chi connectivity index (χ0v) is 18.8. The van der Waals surface area contributed by atoms with Crippen LogP contribution >= 0.6 is 0 Å². The van der Waals surface area contributed by atoms with E-state index in [1.165, 1.54) is 0 Å². The van der Waals surface area contributed by atoms with Crippen LogP contribution < -0.4 is 20.3 Å². The standard InChI is InChI=1S/C26H25N5O3/c1-34-20-11-7-10-19(17-20)27-24(32)22(16-18-8-3-2-4-9-18)29-26(33)31-15-14-30-23-13-6-5-12-21(23)28-25(30)31/h2-13,17,22H,14-16H2,1H3,(H,27,32)(H,29,33)/t22-/m0/s1. The van der Waals surface area contributed by atoms with Gasteiger partial charge in [0.05, 0.1) is 18.1 Å². The maximum atomic E-state index is 13.3. The van der Waals surface area contributed by atoms with E-state index in [0.29, 0.717) is 36.9 Å². The van der Waals surface area contributed by atoms with Crippen LogP contribution in [0.25, 0.3) is 11.0 Å². The molecule has 1 aliphatic heterocycles. The van der Waals surface area contributed by atoms with Gasteiger partial charge in [-0.15, -0.1) is 0 Å². The Morgan fingerprint density at radius 1 is 1.00 bits per heavy atom. The second-order valence-electron chi connectivity index (χ2n) is 8.12. The lowest BCUT2D eigenvalue weighted by molar-refractivity contribution is -0.117. The molecule has 34 heavy (non-hydrogen) atoms. The van der Waals surface area contributed by atoms with Crippen molar-refractivity contribution in [1.82, 2.24) is 14.9 Å². The van der Waals surface area contributed by atoms with Gasteiger partial charge in [0.2, 0.25) is 11.9 Å². The van der Waals surface area contributed by atoms with Gasteiger partial charge in [0.15, 0.2) is 0 Å². The van der Waals surface area contributed by atoms with E-state index in [1.807, 2.05) is 59.2 Å². The molecule has 2 heterocycles. The Hall–Kier alpha value is -4.33. The minimum Gasteiger partial charge on any atom is -0.497 e. The molecule has 0 radical (unpaired) electrons. The summed E-state index contributed by atoms with van der Waals surface area (Å²) in [6, 6.07) is 23.4. The van der Waals surface area contributed by atoms with Crippen molar-refractivity contribution in [2.75, 3.05) is 23.9 Å². The molecule has 8 nitrogen and oxygen atoms in total. The highest BCUT2D eigenvalue weighted by atomic mass is 16.5. The second-order valence-corrected chi connectivity index (χ2v) is 8.12. The summed E-state index contributed by atoms with van der Waals surface area (Å²) < 4.78 is 7.27. The van der Waals surface area contributed by atoms with E-state index in [9.17, 15) is 9.59 Å². The van der Waals surface area contributed by atoms with Crippen LogP contribution in [0.5, 0.6) is 5.75 Å². The highest BCUT2D eigenvalue weighted by Gasteiger charge is 2.31. The number of para-hydroxylation sites is 2. The number of aromatic nitrogens is 2. The largest absolute Gasteiger partial charge is 0.497 e. The summed E-state index contributed by atoms with van der Waals surface area (Å²) in [7, 11) is 1.57. The molecule has 0 spiro atoms. The van der Waals surface area contributed by atoms with Crippen molar-refractivity contribution in [3.8, 4) is 5.75 Å². The molecule has 172 valence electrons. The number of benzene rings is 3. The van der Waals surface area contributed by atoms with Crippen molar-refractivity contribution in [2.45, 2.75) is 19.0 Å². The molecule has 1 aromatic heterocycles. The number of imidazole rings is 1. The highest BCUT2D eigenvalue weighted by molar-refractivity contribution is 6.00. The Balaban J connectivity index is 1.37. The number of fused-ring (bicyclic) bond motifs is 3. The zero-order chi connectivity index (χ0) is 23.5. The molecule has 0 saturated carbocycles. The van der Waals surface area contributed by atoms with Crippen molar-refractivity contribution >= 4 is 34.6 Å². The molecule has 5 rings (SSSR count). The number of methoxy groups -OCH3 is 1. The van der Waals surface area contributed by atoms with Crippen LogP contribution in [0.4, 0.5) is 16.4 Å². The summed E-state index contributed by atoms with van der Waals surface area (Å²) in [5.74, 6) is 0.918. The first-order chi connectivity index (χ1) is 16.6. The first-order valence-electron chi connectivity index (χ1n) is 11.1. The van der Waals surface area contributed by atoms with Crippen LogP contribution in [-0.4, -0.2) is 41.2 Å². The van der Waals surface area contributed by atoms with E-state index < -0.39 is 6.04 Å². The Bertz CT molecular complexity index is 1330. The molecule has 3 amide bonds. The molecule has 0 bridgehead atoms. The smallest absolute Gasteiger partial charge is 0.324 e. The van der Waals surface area contributed by atoms with Crippen molar-refractivity contribution in [1.29, 1.82) is 0 Å². The molecule has 0 unspecified atom stereocenters. The quantitative estimate of drug-likeness (QED) is 0.463. The SMILES string of the molecule is COc1cccc(NC(=O)[C@H](Cc2ccccc2)NC(=O)N2CCn3c2nc2ccccc23)c1. The minimum absolute atomic E-state index is 0.307. The number of ether oxygens (including phenoxy) is 1. The molecular formula is C26H25N5O3. The minimum atomic E-state index is -0.778. The molecule has 3 aromatic carbocycles. The van der Waals surface area contributed by atoms with Gasteiger partial charge in [-0.3, -0.25) is 9.69 Å². The fourth-order valence-electron chi connectivity index (χ4n) is 4.20. The van der Waals surface area contributed by atoms with Gasteiger partial charge >= 0.3 is 6.03 Å². The summed E-state index contributed by atoms with van der Waals surface area (Å²) in [6.45, 7) is 1.15. The van der Waals surface area contributed by atoms with Gasteiger partial charge in [-0.1, -0.05) is 48.5 Å². The Kier molecular flexibility index (Phi) is 5.86. The number of carbonyl (C=O) groups excluding carboxylic acids is 2. The lowest BCUT2D eigenvalue weighted by atomic mass is 10.1. The first kappa shape index (κ1) is 21.5. The molecule has 0 aliphatic carbocycles. The van der Waals surface area contributed by atoms with Crippen LogP contribution in [-0.2, 0) is 17.8 Å². The van der Waals surface area contributed by atoms with E-state index in [4.69, 9.17) is 4.74 Å². The third-order valence-corrected chi connectivity index (χ3v) is 5.90. The Labute approximate surface area is 197 Å². The summed E-state index contributed by atoms with van der Waals surface area (Å²) in [5, 5.41) is 5.83. The van der Waals surface area contributed by atoms with Crippen LogP contribution in [0.3, 0.4) is 0 Å². The molecule has 0 saturated heterocycles. The number of carbonyl (C=O) groups is 2. The van der Waals surface area contributed by atoms with Crippen molar-refractivity contribution in [3.05, 3.63) is 84.4 Å². The van der Waals surface area contributed by atoms with E-state index in [-0.39, 0.29) is 11.9 Å². The third kappa shape index (κ3) is 4.30. The molecule has 1 atom stereocenters. The van der Waals surface area contributed by atoms with Crippen LogP contribution in [0.15, 0.2) is 78.9 Å². The lowest BCUT2D eigenvalue weighted by Gasteiger charge is -2.22. The van der Waals surface area contributed by atoms with Crippen LogP contribution in [0, 0.1) is 0 Å². The van der Waals surface area contributed by atoms with Crippen LogP contribution in [0.1, 0.15) is 5.56 Å². The van der Waals surface area contributed by atoms with Crippen molar-refractivity contribution < 1.29 is 14.3 Å². The summed E-state index contributed by atoms with van der Waals surface area (Å²) in [5.41, 5.74) is 3.37. The number of anilines is 2. The van der Waals surface area contributed by atoms with Gasteiger partial charge in [0, 0.05) is 31.3 Å². The Morgan fingerprint density at radius 3 is 2.62 bits per heavy atom. The summed E-state index contributed by atoms with van der Waals surface area (Å²) >= 11 is 0.